The van der Waals surface area contributed by atoms with Crippen LogP contribution >= 0.6 is 0 Å². The molecule has 1 aliphatic heterocycles. The maximum Gasteiger partial charge on any atom is 0.326 e. The highest BCUT2D eigenvalue weighted by Crippen LogP contribution is 2.26. The molecule has 3 rings (SSSR count). The van der Waals surface area contributed by atoms with Gasteiger partial charge in [-0.25, -0.2) is 13.2 Å². The van der Waals surface area contributed by atoms with Crippen LogP contribution < -0.4 is 11.4 Å². The first-order valence-corrected chi connectivity index (χ1v) is 7.48. The molecule has 7 heteroatoms. The van der Waals surface area contributed by atoms with E-state index in [4.69, 9.17) is 5.73 Å². The fraction of sp³-hybridized carbons (Fsp3) is 0.364. The van der Waals surface area contributed by atoms with Gasteiger partial charge in [0.25, 0.3) is 0 Å². The van der Waals surface area contributed by atoms with Gasteiger partial charge in [-0.2, -0.15) is 0 Å². The Hall–Kier alpha value is -1.76. The summed E-state index contributed by atoms with van der Waals surface area (Å²) in [7, 11) is -3.02. The number of nitrogen functional groups attached to an aromatic ring is 1. The molecule has 1 fully saturated rings. The van der Waals surface area contributed by atoms with Crippen LogP contribution in [0.2, 0.25) is 0 Å². The lowest BCUT2D eigenvalue weighted by Crippen LogP contribution is -2.23. The number of rotatable bonds is 1. The topological polar surface area (TPSA) is 97.9 Å². The van der Waals surface area contributed by atoms with Crippen molar-refractivity contribution in [1.82, 2.24) is 9.55 Å². The summed E-state index contributed by atoms with van der Waals surface area (Å²) in [4.78, 5) is 14.6. The first kappa shape index (κ1) is 11.3. The summed E-state index contributed by atoms with van der Waals surface area (Å²) < 4.78 is 24.5. The van der Waals surface area contributed by atoms with Crippen molar-refractivity contribution >= 4 is 26.6 Å². The van der Waals surface area contributed by atoms with Crippen molar-refractivity contribution in [3.05, 3.63) is 28.7 Å². The highest BCUT2D eigenvalue weighted by Gasteiger charge is 2.31. The molecule has 0 amide bonds. The Kier molecular flexibility index (Phi) is 2.28. The molecule has 1 aliphatic rings. The van der Waals surface area contributed by atoms with E-state index in [0.717, 1.165) is 0 Å². The van der Waals surface area contributed by atoms with Gasteiger partial charge in [0.15, 0.2) is 9.84 Å². The Bertz CT molecular complexity index is 772. The van der Waals surface area contributed by atoms with Gasteiger partial charge in [-0.15, -0.1) is 0 Å². The van der Waals surface area contributed by atoms with Gasteiger partial charge in [0.1, 0.15) is 0 Å². The summed E-state index contributed by atoms with van der Waals surface area (Å²) in [6.07, 6.45) is 0.476. The van der Waals surface area contributed by atoms with E-state index in [1.165, 1.54) is 4.57 Å². The lowest BCUT2D eigenvalue weighted by molar-refractivity contribution is 0.554. The van der Waals surface area contributed by atoms with Crippen LogP contribution in [-0.4, -0.2) is 29.5 Å². The summed E-state index contributed by atoms with van der Waals surface area (Å²) in [5.74, 6) is 0.160. The van der Waals surface area contributed by atoms with Crippen LogP contribution in [0, 0.1) is 0 Å². The van der Waals surface area contributed by atoms with Crippen molar-refractivity contribution in [3.63, 3.8) is 0 Å². The minimum atomic E-state index is -3.02. The molecule has 0 bridgehead atoms. The van der Waals surface area contributed by atoms with E-state index in [-0.39, 0.29) is 23.2 Å². The maximum absolute atomic E-state index is 11.9. The predicted molar refractivity (Wildman–Crippen MR) is 69.3 cm³/mol. The molecular weight excluding hydrogens is 254 g/mol. The zero-order valence-corrected chi connectivity index (χ0v) is 10.4. The second-order valence-electron chi connectivity index (χ2n) is 4.63. The van der Waals surface area contributed by atoms with E-state index in [9.17, 15) is 13.2 Å². The van der Waals surface area contributed by atoms with Crippen LogP contribution in [0.5, 0.6) is 0 Å². The van der Waals surface area contributed by atoms with Crippen LogP contribution in [0.3, 0.4) is 0 Å². The largest absolute Gasteiger partial charge is 0.399 e. The van der Waals surface area contributed by atoms with E-state index in [1.54, 1.807) is 18.2 Å². The minimum Gasteiger partial charge on any atom is -0.399 e. The standard InChI is InChI=1S/C11H13N3O3S/c12-7-1-2-9-10(5-7)14(11(15)13-9)8-3-4-18(16,17)6-8/h1-2,5,8H,3-4,6,12H2,(H,13,15). The van der Waals surface area contributed by atoms with Gasteiger partial charge in [0, 0.05) is 5.69 Å². The molecule has 0 aliphatic carbocycles. The number of sulfone groups is 1. The van der Waals surface area contributed by atoms with Gasteiger partial charge in [0.2, 0.25) is 0 Å². The number of aromatic nitrogens is 2. The average Bonchev–Trinajstić information content (AvgIpc) is 2.77. The molecule has 1 aromatic carbocycles. The molecule has 18 heavy (non-hydrogen) atoms. The Morgan fingerprint density at radius 1 is 1.39 bits per heavy atom. The number of nitrogens with one attached hydrogen (secondary N) is 1. The summed E-state index contributed by atoms with van der Waals surface area (Å²) in [6, 6.07) is 4.83. The van der Waals surface area contributed by atoms with Gasteiger partial charge >= 0.3 is 5.69 Å². The molecule has 2 aromatic rings. The number of fused-ring (bicyclic) bond motifs is 1. The van der Waals surface area contributed by atoms with Crippen molar-refractivity contribution < 1.29 is 8.42 Å². The molecule has 6 nitrogen and oxygen atoms in total. The molecular formula is C11H13N3O3S. The lowest BCUT2D eigenvalue weighted by Gasteiger charge is -2.09. The molecule has 1 unspecified atom stereocenters. The SMILES string of the molecule is Nc1ccc2[nH]c(=O)n(C3CCS(=O)(=O)C3)c2c1. The van der Waals surface area contributed by atoms with Gasteiger partial charge in [-0.1, -0.05) is 0 Å². The molecule has 0 spiro atoms. The van der Waals surface area contributed by atoms with E-state index in [1.807, 2.05) is 0 Å². The highest BCUT2D eigenvalue weighted by atomic mass is 32.2. The number of hydrogen-bond donors (Lipinski definition) is 2. The number of H-pyrrole nitrogens is 1. The monoisotopic (exact) mass is 267 g/mol. The first-order valence-electron chi connectivity index (χ1n) is 5.66. The number of aromatic amines is 1. The number of nitrogens with two attached hydrogens (primary N) is 1. The zero-order chi connectivity index (χ0) is 12.9. The lowest BCUT2D eigenvalue weighted by atomic mass is 10.2. The molecule has 0 saturated carbocycles. The van der Waals surface area contributed by atoms with Crippen molar-refractivity contribution in [2.24, 2.45) is 0 Å². The normalized spacial score (nSPS) is 22.6. The predicted octanol–water partition coefficient (Wildman–Crippen LogP) is 0.271. The molecule has 3 N–H and O–H groups in total. The number of benzene rings is 1. The van der Waals surface area contributed by atoms with E-state index in [2.05, 4.69) is 4.98 Å². The molecule has 1 saturated heterocycles. The Morgan fingerprint density at radius 2 is 2.17 bits per heavy atom. The number of hydrogen-bond acceptors (Lipinski definition) is 4. The van der Waals surface area contributed by atoms with E-state index < -0.39 is 9.84 Å². The van der Waals surface area contributed by atoms with E-state index >= 15 is 0 Å². The highest BCUT2D eigenvalue weighted by molar-refractivity contribution is 7.91. The van der Waals surface area contributed by atoms with Crippen LogP contribution in [0.25, 0.3) is 11.0 Å². The third-order valence-electron chi connectivity index (χ3n) is 3.32. The number of anilines is 1. The van der Waals surface area contributed by atoms with Crippen molar-refractivity contribution in [1.29, 1.82) is 0 Å². The van der Waals surface area contributed by atoms with Crippen LogP contribution in [-0.2, 0) is 9.84 Å². The van der Waals surface area contributed by atoms with Gasteiger partial charge in [-0.05, 0) is 24.6 Å². The van der Waals surface area contributed by atoms with Gasteiger partial charge in [-0.3, -0.25) is 4.57 Å². The van der Waals surface area contributed by atoms with Crippen LogP contribution in [0.4, 0.5) is 5.69 Å². The van der Waals surface area contributed by atoms with Crippen molar-refractivity contribution in [2.45, 2.75) is 12.5 Å². The number of imidazole rings is 1. The fourth-order valence-corrected chi connectivity index (χ4v) is 4.18. The Labute approximate surface area is 103 Å². The maximum atomic E-state index is 11.9. The molecule has 0 radical (unpaired) electrons. The quantitative estimate of drug-likeness (QED) is 0.725. The summed E-state index contributed by atoms with van der Waals surface area (Å²) in [5, 5.41) is 0. The van der Waals surface area contributed by atoms with Gasteiger partial charge < -0.3 is 10.7 Å². The minimum absolute atomic E-state index is 0.0225. The Morgan fingerprint density at radius 3 is 2.83 bits per heavy atom. The average molecular weight is 267 g/mol. The second-order valence-corrected chi connectivity index (χ2v) is 6.86. The smallest absolute Gasteiger partial charge is 0.326 e. The summed E-state index contributed by atoms with van der Waals surface area (Å²) >= 11 is 0. The van der Waals surface area contributed by atoms with E-state index in [0.29, 0.717) is 23.1 Å². The van der Waals surface area contributed by atoms with Crippen molar-refractivity contribution in [3.8, 4) is 0 Å². The van der Waals surface area contributed by atoms with Gasteiger partial charge in [0.05, 0.1) is 28.6 Å². The van der Waals surface area contributed by atoms with Crippen molar-refractivity contribution in [2.75, 3.05) is 17.2 Å². The fourth-order valence-electron chi connectivity index (χ4n) is 2.48. The zero-order valence-electron chi connectivity index (χ0n) is 9.59. The third kappa shape index (κ3) is 1.71. The first-order chi connectivity index (χ1) is 8.46. The Balaban J connectivity index is 2.20. The summed E-state index contributed by atoms with van der Waals surface area (Å²) in [6.45, 7) is 0. The second kappa shape index (κ2) is 3.61. The molecule has 2 heterocycles. The molecule has 1 aromatic heterocycles. The molecule has 1 atom stereocenters. The number of nitrogens with zero attached hydrogens (tertiary/aromatic N) is 1. The molecule has 96 valence electrons. The van der Waals surface area contributed by atoms with Crippen LogP contribution in [0.15, 0.2) is 23.0 Å². The van der Waals surface area contributed by atoms with Crippen LogP contribution in [0.1, 0.15) is 12.5 Å². The third-order valence-corrected chi connectivity index (χ3v) is 5.07. The summed E-state index contributed by atoms with van der Waals surface area (Å²) in [5.41, 5.74) is 7.33.